The van der Waals surface area contributed by atoms with E-state index in [4.69, 9.17) is 0 Å². The Bertz CT molecular complexity index is 600. The largest absolute Gasteiger partial charge is 0.386 e. The third kappa shape index (κ3) is 1.46. The van der Waals surface area contributed by atoms with Gasteiger partial charge in [-0.1, -0.05) is 6.07 Å². The fourth-order valence-electron chi connectivity index (χ4n) is 1.89. The lowest BCUT2D eigenvalue weighted by atomic mass is 9.98. The minimum atomic E-state index is -0.889. The Hall–Kier alpha value is -1.55. The predicted molar refractivity (Wildman–Crippen MR) is 63.4 cm³/mol. The molecule has 4 heteroatoms. The molecule has 0 amide bonds. The molecule has 0 spiro atoms. The van der Waals surface area contributed by atoms with Crippen LogP contribution >= 0.6 is 0 Å². The van der Waals surface area contributed by atoms with Crippen LogP contribution in [0.5, 0.6) is 0 Å². The number of aromatic nitrogens is 2. The van der Waals surface area contributed by atoms with E-state index < -0.39 is 5.60 Å². The highest BCUT2D eigenvalue weighted by Crippen LogP contribution is 2.23. The molecular weight excluding hydrogens is 204 g/mol. The van der Waals surface area contributed by atoms with Gasteiger partial charge < -0.3 is 5.11 Å². The van der Waals surface area contributed by atoms with Crippen molar-refractivity contribution in [1.29, 1.82) is 0 Å². The maximum Gasteiger partial charge on any atom is 0.328 e. The number of nitrogens with zero attached hydrogens (tertiary/aromatic N) is 2. The summed E-state index contributed by atoms with van der Waals surface area (Å²) in [5.74, 6) is 0. The first-order valence-electron chi connectivity index (χ1n) is 5.20. The van der Waals surface area contributed by atoms with E-state index in [-0.39, 0.29) is 5.69 Å². The van der Waals surface area contributed by atoms with Crippen LogP contribution in [0.3, 0.4) is 0 Å². The lowest BCUT2D eigenvalue weighted by Crippen LogP contribution is -2.19. The van der Waals surface area contributed by atoms with Gasteiger partial charge in [-0.15, -0.1) is 0 Å². The van der Waals surface area contributed by atoms with Gasteiger partial charge in [-0.25, -0.2) is 4.79 Å². The molecule has 0 fully saturated rings. The summed E-state index contributed by atoms with van der Waals surface area (Å²) < 4.78 is 3.19. The number of aryl methyl sites for hydroxylation is 2. The van der Waals surface area contributed by atoms with Gasteiger partial charge in [-0.05, 0) is 31.5 Å². The Kier molecular flexibility index (Phi) is 2.20. The molecule has 0 aliphatic rings. The second-order valence-corrected chi connectivity index (χ2v) is 4.66. The van der Waals surface area contributed by atoms with Crippen molar-refractivity contribution in [1.82, 2.24) is 9.13 Å². The van der Waals surface area contributed by atoms with E-state index in [2.05, 4.69) is 0 Å². The van der Waals surface area contributed by atoms with Crippen LogP contribution in [0.4, 0.5) is 0 Å². The van der Waals surface area contributed by atoms with E-state index in [0.29, 0.717) is 0 Å². The second-order valence-electron chi connectivity index (χ2n) is 4.66. The molecule has 0 atom stereocenters. The average Bonchev–Trinajstić information content (AvgIpc) is 2.43. The molecule has 0 saturated heterocycles. The van der Waals surface area contributed by atoms with E-state index >= 15 is 0 Å². The third-order valence-electron chi connectivity index (χ3n) is 2.98. The van der Waals surface area contributed by atoms with Gasteiger partial charge in [0, 0.05) is 14.1 Å². The van der Waals surface area contributed by atoms with Crippen LogP contribution in [0.25, 0.3) is 11.0 Å². The van der Waals surface area contributed by atoms with E-state index in [1.54, 1.807) is 37.1 Å². The molecule has 16 heavy (non-hydrogen) atoms. The molecule has 4 nitrogen and oxygen atoms in total. The van der Waals surface area contributed by atoms with Gasteiger partial charge in [-0.3, -0.25) is 9.13 Å². The fraction of sp³-hybridized carbons (Fsp3) is 0.417. The highest BCUT2D eigenvalue weighted by atomic mass is 16.3. The van der Waals surface area contributed by atoms with Gasteiger partial charge in [0.2, 0.25) is 0 Å². The van der Waals surface area contributed by atoms with Crippen molar-refractivity contribution in [2.75, 3.05) is 0 Å². The maximum atomic E-state index is 11.7. The molecule has 0 aliphatic heterocycles. The first kappa shape index (κ1) is 11.0. The van der Waals surface area contributed by atoms with Gasteiger partial charge in [0.05, 0.1) is 16.6 Å². The minimum Gasteiger partial charge on any atom is -0.386 e. The van der Waals surface area contributed by atoms with E-state index in [9.17, 15) is 9.90 Å². The molecule has 86 valence electrons. The Morgan fingerprint density at radius 2 is 1.69 bits per heavy atom. The Morgan fingerprint density at radius 1 is 1.12 bits per heavy atom. The summed E-state index contributed by atoms with van der Waals surface area (Å²) in [5, 5.41) is 9.92. The lowest BCUT2D eigenvalue weighted by molar-refractivity contribution is 0.0787. The highest BCUT2D eigenvalue weighted by molar-refractivity contribution is 5.77. The van der Waals surface area contributed by atoms with Crippen molar-refractivity contribution >= 4 is 11.0 Å². The predicted octanol–water partition coefficient (Wildman–Crippen LogP) is 1.10. The highest BCUT2D eigenvalue weighted by Gasteiger charge is 2.17. The first-order chi connectivity index (χ1) is 7.32. The van der Waals surface area contributed by atoms with Gasteiger partial charge in [-0.2, -0.15) is 0 Å². The summed E-state index contributed by atoms with van der Waals surface area (Å²) in [7, 11) is 3.48. The molecule has 1 N–H and O–H groups in total. The van der Waals surface area contributed by atoms with Crippen LogP contribution in [0.1, 0.15) is 19.4 Å². The summed E-state index contributed by atoms with van der Waals surface area (Å²) in [6, 6.07) is 5.57. The summed E-state index contributed by atoms with van der Waals surface area (Å²) >= 11 is 0. The third-order valence-corrected chi connectivity index (χ3v) is 2.98. The smallest absolute Gasteiger partial charge is 0.328 e. The molecule has 2 rings (SSSR count). The number of benzene rings is 1. The molecule has 0 unspecified atom stereocenters. The molecule has 0 aliphatic carbocycles. The number of fused-ring (bicyclic) bond motifs is 1. The monoisotopic (exact) mass is 220 g/mol. The second kappa shape index (κ2) is 3.22. The van der Waals surface area contributed by atoms with Crippen molar-refractivity contribution < 1.29 is 5.11 Å². The van der Waals surface area contributed by atoms with E-state index in [1.807, 2.05) is 18.2 Å². The molecule has 1 aromatic carbocycles. The van der Waals surface area contributed by atoms with Crippen LogP contribution in [0.2, 0.25) is 0 Å². The van der Waals surface area contributed by atoms with Crippen LogP contribution in [-0.2, 0) is 19.7 Å². The molecular formula is C12H16N2O2. The van der Waals surface area contributed by atoms with Gasteiger partial charge in [0.15, 0.2) is 0 Å². The topological polar surface area (TPSA) is 47.2 Å². The standard InChI is InChI=1S/C12H16N2O2/c1-12(2,16)8-5-6-9-10(7-8)14(4)11(15)13(9)3/h5-7,16H,1-4H3. The van der Waals surface area contributed by atoms with Crippen LogP contribution in [0.15, 0.2) is 23.0 Å². The number of rotatable bonds is 1. The van der Waals surface area contributed by atoms with Crippen molar-refractivity contribution in [3.8, 4) is 0 Å². The molecule has 2 aromatic rings. The SMILES string of the molecule is Cn1c(=O)n(C)c2cc(C(C)(C)O)ccc21. The fourth-order valence-corrected chi connectivity index (χ4v) is 1.89. The van der Waals surface area contributed by atoms with Crippen LogP contribution in [0, 0.1) is 0 Å². The van der Waals surface area contributed by atoms with Crippen LogP contribution < -0.4 is 5.69 Å². The van der Waals surface area contributed by atoms with Gasteiger partial charge in [0.25, 0.3) is 0 Å². The molecule has 1 aromatic heterocycles. The number of aliphatic hydroxyl groups is 1. The lowest BCUT2D eigenvalue weighted by Gasteiger charge is -2.17. The Morgan fingerprint density at radius 3 is 2.25 bits per heavy atom. The zero-order chi connectivity index (χ0) is 12.1. The zero-order valence-corrected chi connectivity index (χ0v) is 9.98. The summed E-state index contributed by atoms with van der Waals surface area (Å²) in [5.41, 5.74) is 1.58. The van der Waals surface area contributed by atoms with Gasteiger partial charge in [0.1, 0.15) is 0 Å². The Labute approximate surface area is 93.7 Å². The molecule has 0 bridgehead atoms. The number of hydrogen-bond acceptors (Lipinski definition) is 2. The van der Waals surface area contributed by atoms with E-state index in [0.717, 1.165) is 16.6 Å². The summed E-state index contributed by atoms with van der Waals surface area (Å²) in [6.07, 6.45) is 0. The summed E-state index contributed by atoms with van der Waals surface area (Å²) in [4.78, 5) is 11.7. The molecule has 0 radical (unpaired) electrons. The van der Waals surface area contributed by atoms with Gasteiger partial charge >= 0.3 is 5.69 Å². The van der Waals surface area contributed by atoms with Crippen LogP contribution in [-0.4, -0.2) is 14.2 Å². The first-order valence-corrected chi connectivity index (χ1v) is 5.20. The number of imidazole rings is 1. The van der Waals surface area contributed by atoms with Crippen molar-refractivity contribution in [2.45, 2.75) is 19.4 Å². The molecule has 1 heterocycles. The molecule has 0 saturated carbocycles. The zero-order valence-electron chi connectivity index (χ0n) is 9.98. The minimum absolute atomic E-state index is 0.0529. The maximum absolute atomic E-state index is 11.7. The number of hydrogen-bond donors (Lipinski definition) is 1. The normalized spacial score (nSPS) is 12.3. The summed E-state index contributed by atoms with van der Waals surface area (Å²) in [6.45, 7) is 3.46. The Balaban J connectivity index is 2.82. The average molecular weight is 220 g/mol. The van der Waals surface area contributed by atoms with Crippen molar-refractivity contribution in [3.05, 3.63) is 34.2 Å². The van der Waals surface area contributed by atoms with E-state index in [1.165, 1.54) is 0 Å². The quantitative estimate of drug-likeness (QED) is 0.782. The van der Waals surface area contributed by atoms with Crippen molar-refractivity contribution in [2.24, 2.45) is 14.1 Å². The van der Waals surface area contributed by atoms with Crippen molar-refractivity contribution in [3.63, 3.8) is 0 Å².